The summed E-state index contributed by atoms with van der Waals surface area (Å²) in [5.74, 6) is -0.344. The van der Waals surface area contributed by atoms with Crippen molar-refractivity contribution >= 4 is 40.5 Å². The van der Waals surface area contributed by atoms with E-state index in [1.807, 2.05) is 18.2 Å². The molecular formula is C13H10Cl2N2O. The predicted molar refractivity (Wildman–Crippen MR) is 75.3 cm³/mol. The van der Waals surface area contributed by atoms with Gasteiger partial charge in [-0.05, 0) is 24.3 Å². The topological polar surface area (TPSA) is 55.1 Å². The van der Waals surface area contributed by atoms with Crippen LogP contribution >= 0.6 is 23.2 Å². The van der Waals surface area contributed by atoms with Gasteiger partial charge in [-0.15, -0.1) is 0 Å². The van der Waals surface area contributed by atoms with Crippen molar-refractivity contribution in [2.24, 2.45) is 0 Å². The Labute approximate surface area is 115 Å². The third-order valence-corrected chi connectivity index (χ3v) is 2.90. The van der Waals surface area contributed by atoms with Crippen LogP contribution < -0.4 is 11.1 Å². The maximum atomic E-state index is 12.0. The van der Waals surface area contributed by atoms with Crippen LogP contribution in [0.25, 0.3) is 0 Å². The summed E-state index contributed by atoms with van der Waals surface area (Å²) >= 11 is 11.7. The van der Waals surface area contributed by atoms with Gasteiger partial charge >= 0.3 is 0 Å². The zero-order chi connectivity index (χ0) is 13.1. The van der Waals surface area contributed by atoms with Crippen molar-refractivity contribution in [3.8, 4) is 0 Å². The molecule has 0 bridgehead atoms. The van der Waals surface area contributed by atoms with E-state index in [4.69, 9.17) is 28.9 Å². The van der Waals surface area contributed by atoms with Gasteiger partial charge in [0.1, 0.15) is 0 Å². The van der Waals surface area contributed by atoms with E-state index in [1.165, 1.54) is 12.1 Å². The van der Waals surface area contributed by atoms with Crippen LogP contribution in [0, 0.1) is 0 Å². The number of hydrogen-bond acceptors (Lipinski definition) is 2. The number of hydrogen-bond donors (Lipinski definition) is 2. The molecule has 0 saturated carbocycles. The quantitative estimate of drug-likeness (QED) is 0.822. The van der Waals surface area contributed by atoms with E-state index in [9.17, 15) is 4.79 Å². The molecule has 18 heavy (non-hydrogen) atoms. The second kappa shape index (κ2) is 5.29. The number of rotatable bonds is 2. The molecule has 92 valence electrons. The zero-order valence-corrected chi connectivity index (χ0v) is 10.8. The van der Waals surface area contributed by atoms with Crippen LogP contribution in [0.3, 0.4) is 0 Å². The molecule has 0 unspecified atom stereocenters. The Hall–Kier alpha value is -1.71. The first-order chi connectivity index (χ1) is 8.58. The predicted octanol–water partition coefficient (Wildman–Crippen LogP) is 3.83. The van der Waals surface area contributed by atoms with Crippen molar-refractivity contribution in [2.45, 2.75) is 0 Å². The van der Waals surface area contributed by atoms with Crippen LogP contribution in [0.4, 0.5) is 11.4 Å². The number of para-hydroxylation sites is 1. The Bertz CT molecular complexity index is 585. The molecule has 0 heterocycles. The highest BCUT2D eigenvalue weighted by Crippen LogP contribution is 2.28. The van der Waals surface area contributed by atoms with E-state index in [2.05, 4.69) is 5.32 Å². The van der Waals surface area contributed by atoms with Crippen LogP contribution in [0.15, 0.2) is 42.5 Å². The van der Waals surface area contributed by atoms with Gasteiger partial charge in [-0.1, -0.05) is 41.4 Å². The van der Waals surface area contributed by atoms with Gasteiger partial charge in [0.05, 0.1) is 16.3 Å². The molecule has 3 N–H and O–H groups in total. The van der Waals surface area contributed by atoms with Gasteiger partial charge in [0.25, 0.3) is 5.91 Å². The molecule has 2 rings (SSSR count). The molecule has 2 aromatic carbocycles. The Morgan fingerprint density at radius 3 is 2.44 bits per heavy atom. The minimum absolute atomic E-state index is 0.217. The Kier molecular flexibility index (Phi) is 3.75. The number of carbonyl (C=O) groups excluding carboxylic acids is 1. The molecule has 0 aliphatic rings. The molecule has 0 aliphatic heterocycles. The first kappa shape index (κ1) is 12.7. The Morgan fingerprint density at radius 2 is 1.78 bits per heavy atom. The highest BCUT2D eigenvalue weighted by atomic mass is 35.5. The third kappa shape index (κ3) is 2.75. The smallest absolute Gasteiger partial charge is 0.257 e. The molecular weight excluding hydrogens is 271 g/mol. The molecule has 0 spiro atoms. The van der Waals surface area contributed by atoms with Gasteiger partial charge in [-0.25, -0.2) is 0 Å². The van der Waals surface area contributed by atoms with Crippen LogP contribution in [0.2, 0.25) is 10.0 Å². The van der Waals surface area contributed by atoms with Crippen LogP contribution in [0.5, 0.6) is 0 Å². The Balaban J connectivity index is 2.30. The van der Waals surface area contributed by atoms with E-state index in [-0.39, 0.29) is 22.2 Å². The van der Waals surface area contributed by atoms with Crippen LogP contribution in [-0.4, -0.2) is 5.91 Å². The second-order valence-electron chi connectivity index (χ2n) is 3.67. The van der Waals surface area contributed by atoms with E-state index < -0.39 is 0 Å². The summed E-state index contributed by atoms with van der Waals surface area (Å²) in [5, 5.41) is 3.35. The number of amides is 1. The molecule has 0 aliphatic carbocycles. The summed E-state index contributed by atoms with van der Waals surface area (Å²) in [6.07, 6.45) is 0. The number of carbonyl (C=O) groups is 1. The minimum atomic E-state index is -0.344. The number of nitrogen functional groups attached to an aromatic ring is 1. The standard InChI is InChI=1S/C13H10Cl2N2O/c14-8-6-10(12(16)11(15)7-8)13(18)17-9-4-2-1-3-5-9/h1-7H,16H2,(H,17,18). The van der Waals surface area contributed by atoms with Crippen molar-refractivity contribution in [2.75, 3.05) is 11.1 Å². The first-order valence-corrected chi connectivity index (χ1v) is 5.94. The van der Waals surface area contributed by atoms with E-state index in [0.717, 1.165) is 0 Å². The summed E-state index contributed by atoms with van der Waals surface area (Å²) in [7, 11) is 0. The van der Waals surface area contributed by atoms with Gasteiger partial charge < -0.3 is 11.1 Å². The first-order valence-electron chi connectivity index (χ1n) is 5.19. The molecule has 0 aromatic heterocycles. The number of nitrogens with one attached hydrogen (secondary N) is 1. The van der Waals surface area contributed by atoms with Crippen molar-refractivity contribution < 1.29 is 4.79 Å². The Morgan fingerprint density at radius 1 is 1.11 bits per heavy atom. The van der Waals surface area contributed by atoms with Gasteiger partial charge in [0.15, 0.2) is 0 Å². The van der Waals surface area contributed by atoms with Gasteiger partial charge in [-0.3, -0.25) is 4.79 Å². The van der Waals surface area contributed by atoms with Crippen molar-refractivity contribution in [3.63, 3.8) is 0 Å². The average Bonchev–Trinajstić information content (AvgIpc) is 2.35. The third-order valence-electron chi connectivity index (χ3n) is 2.37. The van der Waals surface area contributed by atoms with Crippen molar-refractivity contribution in [1.29, 1.82) is 0 Å². The SMILES string of the molecule is Nc1c(Cl)cc(Cl)cc1C(=O)Nc1ccccc1. The molecule has 0 fully saturated rings. The van der Waals surface area contributed by atoms with Crippen LogP contribution in [-0.2, 0) is 0 Å². The fourth-order valence-corrected chi connectivity index (χ4v) is 1.99. The number of halogens is 2. The number of anilines is 2. The highest BCUT2D eigenvalue weighted by molar-refractivity contribution is 6.37. The molecule has 0 atom stereocenters. The highest BCUT2D eigenvalue weighted by Gasteiger charge is 2.13. The lowest BCUT2D eigenvalue weighted by Gasteiger charge is -2.09. The second-order valence-corrected chi connectivity index (χ2v) is 4.51. The van der Waals surface area contributed by atoms with Gasteiger partial charge in [0.2, 0.25) is 0 Å². The molecule has 3 nitrogen and oxygen atoms in total. The summed E-state index contributed by atoms with van der Waals surface area (Å²) in [4.78, 5) is 12.0. The minimum Gasteiger partial charge on any atom is -0.397 e. The number of benzene rings is 2. The lowest BCUT2D eigenvalue weighted by atomic mass is 10.1. The fraction of sp³-hybridized carbons (Fsp3) is 0. The average molecular weight is 281 g/mol. The van der Waals surface area contributed by atoms with Gasteiger partial charge in [-0.2, -0.15) is 0 Å². The maximum absolute atomic E-state index is 12.0. The summed E-state index contributed by atoms with van der Waals surface area (Å²) in [6.45, 7) is 0. The fourth-order valence-electron chi connectivity index (χ4n) is 1.49. The lowest BCUT2D eigenvalue weighted by Crippen LogP contribution is -2.14. The van der Waals surface area contributed by atoms with Crippen molar-refractivity contribution in [3.05, 3.63) is 58.1 Å². The molecule has 5 heteroatoms. The maximum Gasteiger partial charge on any atom is 0.257 e. The number of nitrogens with two attached hydrogens (primary N) is 1. The van der Waals surface area contributed by atoms with E-state index >= 15 is 0 Å². The molecule has 0 radical (unpaired) electrons. The molecule has 0 saturated heterocycles. The summed E-state index contributed by atoms with van der Waals surface area (Å²) < 4.78 is 0. The normalized spacial score (nSPS) is 10.1. The molecule has 1 amide bonds. The monoisotopic (exact) mass is 280 g/mol. The van der Waals surface area contributed by atoms with Crippen LogP contribution in [0.1, 0.15) is 10.4 Å². The largest absolute Gasteiger partial charge is 0.397 e. The van der Waals surface area contributed by atoms with Crippen molar-refractivity contribution in [1.82, 2.24) is 0 Å². The summed E-state index contributed by atoms with van der Waals surface area (Å²) in [6, 6.07) is 12.0. The lowest BCUT2D eigenvalue weighted by molar-refractivity contribution is 0.102. The zero-order valence-electron chi connectivity index (χ0n) is 9.28. The van der Waals surface area contributed by atoms with E-state index in [1.54, 1.807) is 12.1 Å². The summed E-state index contributed by atoms with van der Waals surface area (Å²) in [5.41, 5.74) is 6.91. The van der Waals surface area contributed by atoms with Gasteiger partial charge in [0, 0.05) is 10.7 Å². The van der Waals surface area contributed by atoms with E-state index in [0.29, 0.717) is 10.7 Å². The molecule has 2 aromatic rings.